The highest BCUT2D eigenvalue weighted by Gasteiger charge is 2.27. The Balaban J connectivity index is 2.05. The second kappa shape index (κ2) is 6.33. The second-order valence-corrected chi connectivity index (χ2v) is 5.69. The Morgan fingerprint density at radius 1 is 1.33 bits per heavy atom. The lowest BCUT2D eigenvalue weighted by molar-refractivity contribution is 0.224. The number of aryl methyl sites for hydroxylation is 1. The van der Waals surface area contributed by atoms with Crippen LogP contribution in [0.5, 0.6) is 0 Å². The molecule has 2 heteroatoms. The summed E-state index contributed by atoms with van der Waals surface area (Å²) in [5.74, 6) is 1.76. The molecule has 1 aliphatic rings. The van der Waals surface area contributed by atoms with Gasteiger partial charge in [-0.3, -0.25) is 4.98 Å². The molecule has 0 amide bonds. The minimum atomic E-state index is 0.504. The number of hydrogen-bond donors (Lipinski definition) is 1. The van der Waals surface area contributed by atoms with E-state index in [1.807, 2.05) is 6.20 Å². The largest absolute Gasteiger partial charge is 0.313 e. The van der Waals surface area contributed by atoms with Gasteiger partial charge in [-0.25, -0.2) is 0 Å². The van der Waals surface area contributed by atoms with E-state index in [0.717, 1.165) is 17.5 Å². The summed E-state index contributed by atoms with van der Waals surface area (Å²) in [7, 11) is 2.09. The maximum Gasteiger partial charge on any atom is 0.0375 e. The zero-order valence-corrected chi connectivity index (χ0v) is 11.9. The fourth-order valence-corrected chi connectivity index (χ4v) is 3.37. The van der Waals surface area contributed by atoms with Gasteiger partial charge in [0.1, 0.15) is 0 Å². The van der Waals surface area contributed by atoms with Crippen molar-refractivity contribution in [1.29, 1.82) is 0 Å². The smallest absolute Gasteiger partial charge is 0.0375 e. The Hall–Kier alpha value is -0.890. The highest BCUT2D eigenvalue weighted by molar-refractivity contribution is 5.20. The van der Waals surface area contributed by atoms with Crippen LogP contribution in [0.3, 0.4) is 0 Å². The molecule has 1 saturated carbocycles. The summed E-state index contributed by atoms with van der Waals surface area (Å²) in [6.07, 6.45) is 8.83. The molecule has 2 nitrogen and oxygen atoms in total. The second-order valence-electron chi connectivity index (χ2n) is 5.69. The molecular weight excluding hydrogens is 220 g/mol. The molecule has 1 aromatic rings. The third-order valence-electron chi connectivity index (χ3n) is 4.53. The lowest BCUT2D eigenvalue weighted by Gasteiger charge is -2.33. The molecule has 1 aromatic heterocycles. The normalized spacial score (nSPS) is 25.9. The lowest BCUT2D eigenvalue weighted by atomic mass is 9.76. The van der Waals surface area contributed by atoms with E-state index >= 15 is 0 Å². The van der Waals surface area contributed by atoms with Crippen LogP contribution in [0.2, 0.25) is 0 Å². The van der Waals surface area contributed by atoms with E-state index in [2.05, 4.69) is 43.3 Å². The van der Waals surface area contributed by atoms with Crippen LogP contribution in [0.1, 0.15) is 56.3 Å². The number of nitrogens with zero attached hydrogens (tertiary/aromatic N) is 1. The highest BCUT2D eigenvalue weighted by atomic mass is 14.9. The van der Waals surface area contributed by atoms with Crippen LogP contribution in [0.25, 0.3) is 0 Å². The van der Waals surface area contributed by atoms with Crippen LogP contribution in [0.15, 0.2) is 18.3 Å². The van der Waals surface area contributed by atoms with E-state index in [9.17, 15) is 0 Å². The van der Waals surface area contributed by atoms with Crippen LogP contribution in [-0.4, -0.2) is 12.0 Å². The molecule has 0 bridgehead atoms. The van der Waals surface area contributed by atoms with Gasteiger partial charge in [-0.15, -0.1) is 0 Å². The van der Waals surface area contributed by atoms with Crippen molar-refractivity contribution >= 4 is 0 Å². The molecule has 0 saturated heterocycles. The SMILES string of the molecule is CCC1CCC(C(NC)c2ccnc(C)c2)CC1. The summed E-state index contributed by atoms with van der Waals surface area (Å²) in [6.45, 7) is 4.40. The minimum Gasteiger partial charge on any atom is -0.313 e. The lowest BCUT2D eigenvalue weighted by Crippen LogP contribution is -2.28. The number of nitrogens with one attached hydrogen (secondary N) is 1. The first-order chi connectivity index (χ1) is 8.74. The van der Waals surface area contributed by atoms with Gasteiger partial charge in [-0.05, 0) is 56.3 Å². The summed E-state index contributed by atoms with van der Waals surface area (Å²) < 4.78 is 0. The third-order valence-corrected chi connectivity index (χ3v) is 4.53. The summed E-state index contributed by atoms with van der Waals surface area (Å²) in [4.78, 5) is 4.30. The number of pyridine rings is 1. The van der Waals surface area contributed by atoms with Crippen molar-refractivity contribution in [3.8, 4) is 0 Å². The standard InChI is InChI=1S/C16H26N2/c1-4-13-5-7-14(8-6-13)16(17-3)15-9-10-18-12(2)11-15/h9-11,13-14,16-17H,4-8H2,1-3H3. The number of hydrogen-bond acceptors (Lipinski definition) is 2. The molecule has 0 aromatic carbocycles. The fraction of sp³-hybridized carbons (Fsp3) is 0.688. The Morgan fingerprint density at radius 2 is 2.06 bits per heavy atom. The van der Waals surface area contributed by atoms with Crippen molar-refractivity contribution in [2.45, 2.75) is 52.0 Å². The van der Waals surface area contributed by atoms with Crippen molar-refractivity contribution < 1.29 is 0 Å². The van der Waals surface area contributed by atoms with E-state index < -0.39 is 0 Å². The van der Waals surface area contributed by atoms with E-state index in [1.165, 1.54) is 37.7 Å². The minimum absolute atomic E-state index is 0.504. The maximum absolute atomic E-state index is 4.30. The molecule has 100 valence electrons. The van der Waals surface area contributed by atoms with E-state index in [1.54, 1.807) is 0 Å². The molecule has 1 heterocycles. The van der Waals surface area contributed by atoms with Crippen LogP contribution < -0.4 is 5.32 Å². The molecular formula is C16H26N2. The van der Waals surface area contributed by atoms with Crippen LogP contribution in [0, 0.1) is 18.8 Å². The van der Waals surface area contributed by atoms with Crippen molar-refractivity contribution in [2.24, 2.45) is 11.8 Å². The summed E-state index contributed by atoms with van der Waals surface area (Å²) >= 11 is 0. The quantitative estimate of drug-likeness (QED) is 0.872. The van der Waals surface area contributed by atoms with Crippen molar-refractivity contribution in [1.82, 2.24) is 10.3 Å². The Labute approximate surface area is 111 Å². The number of aromatic nitrogens is 1. The monoisotopic (exact) mass is 246 g/mol. The van der Waals surface area contributed by atoms with Gasteiger partial charge >= 0.3 is 0 Å². The first-order valence-corrected chi connectivity index (χ1v) is 7.34. The van der Waals surface area contributed by atoms with Crippen LogP contribution in [-0.2, 0) is 0 Å². The molecule has 1 unspecified atom stereocenters. The van der Waals surface area contributed by atoms with E-state index in [0.29, 0.717) is 6.04 Å². The van der Waals surface area contributed by atoms with Gasteiger partial charge in [0, 0.05) is 17.9 Å². The molecule has 1 fully saturated rings. The van der Waals surface area contributed by atoms with Gasteiger partial charge in [-0.2, -0.15) is 0 Å². The Kier molecular flexibility index (Phi) is 4.76. The van der Waals surface area contributed by atoms with Crippen molar-refractivity contribution in [3.63, 3.8) is 0 Å². The van der Waals surface area contributed by atoms with Gasteiger partial charge in [-0.1, -0.05) is 26.2 Å². The molecule has 2 rings (SSSR count). The molecule has 1 atom stereocenters. The molecule has 1 N–H and O–H groups in total. The zero-order valence-electron chi connectivity index (χ0n) is 11.9. The molecule has 18 heavy (non-hydrogen) atoms. The van der Waals surface area contributed by atoms with Gasteiger partial charge in [0.15, 0.2) is 0 Å². The molecule has 1 aliphatic carbocycles. The van der Waals surface area contributed by atoms with Crippen LogP contribution >= 0.6 is 0 Å². The number of rotatable bonds is 4. The molecule has 0 radical (unpaired) electrons. The first-order valence-electron chi connectivity index (χ1n) is 7.34. The predicted octanol–water partition coefficient (Wildman–Crippen LogP) is 3.87. The summed E-state index contributed by atoms with van der Waals surface area (Å²) in [6, 6.07) is 4.90. The zero-order chi connectivity index (χ0) is 13.0. The van der Waals surface area contributed by atoms with Crippen molar-refractivity contribution in [2.75, 3.05) is 7.05 Å². The summed E-state index contributed by atoms with van der Waals surface area (Å²) in [5, 5.41) is 3.52. The fourth-order valence-electron chi connectivity index (χ4n) is 3.37. The molecule has 0 aliphatic heterocycles. The average Bonchev–Trinajstić information content (AvgIpc) is 2.40. The maximum atomic E-state index is 4.30. The van der Waals surface area contributed by atoms with E-state index in [-0.39, 0.29) is 0 Å². The highest BCUT2D eigenvalue weighted by Crippen LogP contribution is 2.37. The topological polar surface area (TPSA) is 24.9 Å². The Bertz CT molecular complexity index is 367. The van der Waals surface area contributed by atoms with Gasteiger partial charge in [0.05, 0.1) is 0 Å². The predicted molar refractivity (Wildman–Crippen MR) is 76.5 cm³/mol. The van der Waals surface area contributed by atoms with Crippen LogP contribution in [0.4, 0.5) is 0 Å². The first kappa shape index (κ1) is 13.5. The van der Waals surface area contributed by atoms with E-state index in [4.69, 9.17) is 0 Å². The summed E-state index contributed by atoms with van der Waals surface area (Å²) in [5.41, 5.74) is 2.53. The Morgan fingerprint density at radius 3 is 2.61 bits per heavy atom. The molecule has 0 spiro atoms. The average molecular weight is 246 g/mol. The van der Waals surface area contributed by atoms with Gasteiger partial charge in [0.2, 0.25) is 0 Å². The van der Waals surface area contributed by atoms with Crippen molar-refractivity contribution in [3.05, 3.63) is 29.6 Å². The van der Waals surface area contributed by atoms with Gasteiger partial charge < -0.3 is 5.32 Å². The van der Waals surface area contributed by atoms with Gasteiger partial charge in [0.25, 0.3) is 0 Å². The third kappa shape index (κ3) is 3.11.